The molecule has 0 unspecified atom stereocenters. The van der Waals surface area contributed by atoms with Crippen molar-refractivity contribution >= 4 is 55.8 Å². The Morgan fingerprint density at radius 3 is 1.29 bits per heavy atom. The molecule has 0 bridgehead atoms. The number of amides is 4. The quantitative estimate of drug-likeness (QED) is 0.0494. The van der Waals surface area contributed by atoms with E-state index in [0.717, 1.165) is 69.6 Å². The molecule has 382 valence electrons. The standard InChI is InChI=1S/C50H66N2O17Si/c1-11-12-13-14-15-20-25-61-48-38(51-44(57)32-21-16-17-22-33(32)45(51)58)42(66-30(4)55)40(64-28(2)53)36(68-48)26-62-49-39(52-46(59)34-23-18-19-24-35(34)47(52)60)43(67-31(5)56)41(65-29(3)54)37(69-49)27-63-70(9,10)50(6,7)8/h16-19,21-24,36-43,48-49H,11-15,20,25-27H2,1-10H3/t36-,37-,38-,39-,40-,41-,42-,43-,48-,49-/m1/s1. The van der Waals surface area contributed by atoms with E-state index in [2.05, 4.69) is 6.92 Å². The van der Waals surface area contributed by atoms with E-state index in [1.165, 1.54) is 24.3 Å². The maximum atomic E-state index is 14.3. The highest BCUT2D eigenvalue weighted by molar-refractivity contribution is 6.74. The largest absolute Gasteiger partial charge is 0.456 e. The molecule has 6 rings (SSSR count). The summed E-state index contributed by atoms with van der Waals surface area (Å²) in [6.07, 6.45) is -6.76. The predicted octanol–water partition coefficient (Wildman–Crippen LogP) is 5.91. The molecule has 20 heteroatoms. The van der Waals surface area contributed by atoms with Crippen LogP contribution in [-0.4, -0.2) is 147 Å². The average Bonchev–Trinajstić information content (AvgIpc) is 3.68. The number of benzene rings is 2. The van der Waals surface area contributed by atoms with Crippen LogP contribution in [0.4, 0.5) is 0 Å². The molecule has 0 saturated carbocycles. The van der Waals surface area contributed by atoms with Gasteiger partial charge in [-0.25, -0.2) is 0 Å². The minimum atomic E-state index is -2.58. The second kappa shape index (κ2) is 22.8. The molecule has 4 heterocycles. The predicted molar refractivity (Wildman–Crippen MR) is 249 cm³/mol. The molecule has 70 heavy (non-hydrogen) atoms. The fraction of sp³-hybridized carbons (Fsp3) is 0.600. The van der Waals surface area contributed by atoms with Crippen molar-refractivity contribution in [3.8, 4) is 0 Å². The molecule has 2 aromatic carbocycles. The lowest BCUT2D eigenvalue weighted by Crippen LogP contribution is -2.69. The van der Waals surface area contributed by atoms with Crippen molar-refractivity contribution in [3.63, 3.8) is 0 Å². The Morgan fingerprint density at radius 2 is 0.900 bits per heavy atom. The first-order valence-electron chi connectivity index (χ1n) is 23.9. The van der Waals surface area contributed by atoms with E-state index in [1.807, 2.05) is 33.9 Å². The summed E-state index contributed by atoms with van der Waals surface area (Å²) in [5, 5.41) is -0.298. The van der Waals surface area contributed by atoms with Gasteiger partial charge in [0.15, 0.2) is 45.3 Å². The second-order valence-corrected chi connectivity index (χ2v) is 24.3. The monoisotopic (exact) mass is 994 g/mol. The third-order valence-corrected chi connectivity index (χ3v) is 17.8. The summed E-state index contributed by atoms with van der Waals surface area (Å²) < 4.78 is 56.3. The smallest absolute Gasteiger partial charge is 0.303 e. The SMILES string of the molecule is CCCCCCCCO[C@@H]1O[C@H](CO[C@@H]2O[C@H](CO[Si](C)(C)C(C)(C)C)[C@@H](OC(C)=O)[C@H](OC(C)=O)[C@H]2N2C(=O)c3ccccc3C2=O)[C@@H](OC(C)=O)[C@H](OC(C)=O)[C@H]1N1C(=O)c2ccccc2C1=O. The number of esters is 4. The Balaban J connectivity index is 1.43. The van der Waals surface area contributed by atoms with Crippen LogP contribution in [0.25, 0.3) is 0 Å². The average molecular weight is 995 g/mol. The third-order valence-electron chi connectivity index (χ3n) is 13.3. The molecular weight excluding hydrogens is 929 g/mol. The summed E-state index contributed by atoms with van der Waals surface area (Å²) >= 11 is 0. The van der Waals surface area contributed by atoms with Crippen molar-refractivity contribution in [2.24, 2.45) is 0 Å². The van der Waals surface area contributed by atoms with Crippen molar-refractivity contribution in [2.45, 2.75) is 173 Å². The second-order valence-electron chi connectivity index (χ2n) is 19.5. The van der Waals surface area contributed by atoms with E-state index in [-0.39, 0.29) is 40.5 Å². The van der Waals surface area contributed by atoms with E-state index in [1.54, 1.807) is 24.3 Å². The number of carbonyl (C=O) groups is 8. The third kappa shape index (κ3) is 11.9. The minimum absolute atomic E-state index is 0.0413. The topological polar surface area (TPSA) is 226 Å². The van der Waals surface area contributed by atoms with Crippen LogP contribution in [0, 0.1) is 0 Å². The Labute approximate surface area is 409 Å². The molecule has 0 spiro atoms. The number of carbonyl (C=O) groups excluding carboxylic acids is 8. The van der Waals surface area contributed by atoms with Crippen molar-refractivity contribution in [1.82, 2.24) is 9.80 Å². The van der Waals surface area contributed by atoms with Gasteiger partial charge in [0.1, 0.15) is 24.3 Å². The molecule has 0 N–H and O–H groups in total. The molecule has 4 aliphatic rings. The number of rotatable bonds is 20. The molecule has 4 amide bonds. The molecule has 19 nitrogen and oxygen atoms in total. The zero-order chi connectivity index (χ0) is 51.2. The van der Waals surface area contributed by atoms with Crippen LogP contribution >= 0.6 is 0 Å². The van der Waals surface area contributed by atoms with Gasteiger partial charge in [-0.2, -0.15) is 0 Å². The van der Waals surface area contributed by atoms with Gasteiger partial charge >= 0.3 is 23.9 Å². The van der Waals surface area contributed by atoms with Gasteiger partial charge in [-0.15, -0.1) is 0 Å². The summed E-state index contributed by atoms with van der Waals surface area (Å²) in [6, 6.07) is 9.11. The fourth-order valence-corrected chi connectivity index (χ4v) is 9.94. The number of nitrogens with zero attached hydrogens (tertiary/aromatic N) is 2. The number of imide groups is 2. The highest BCUT2D eigenvalue weighted by Crippen LogP contribution is 2.41. The molecule has 2 fully saturated rings. The Kier molecular flexibility index (Phi) is 17.6. The molecule has 0 radical (unpaired) electrons. The summed E-state index contributed by atoms with van der Waals surface area (Å²) in [5.74, 6) is -6.38. The Morgan fingerprint density at radius 1 is 0.543 bits per heavy atom. The van der Waals surface area contributed by atoms with Crippen molar-refractivity contribution in [1.29, 1.82) is 0 Å². The highest BCUT2D eigenvalue weighted by Gasteiger charge is 2.60. The maximum absolute atomic E-state index is 14.3. The van der Waals surface area contributed by atoms with E-state index < -0.39 is 124 Å². The molecule has 2 aromatic rings. The summed E-state index contributed by atoms with van der Waals surface area (Å²) in [6.45, 7) is 15.9. The summed E-state index contributed by atoms with van der Waals surface area (Å²) in [4.78, 5) is 111. The summed E-state index contributed by atoms with van der Waals surface area (Å²) in [5.41, 5.74) is 0.265. The maximum Gasteiger partial charge on any atom is 0.303 e. The lowest BCUT2D eigenvalue weighted by atomic mass is 9.94. The van der Waals surface area contributed by atoms with Gasteiger partial charge in [-0.3, -0.25) is 48.2 Å². The van der Waals surface area contributed by atoms with Crippen LogP contribution in [0.15, 0.2) is 48.5 Å². The molecular formula is C50H66N2O17Si. The van der Waals surface area contributed by atoms with E-state index in [0.29, 0.717) is 6.42 Å². The molecule has 0 aliphatic carbocycles. The van der Waals surface area contributed by atoms with E-state index in [4.69, 9.17) is 42.3 Å². The number of hydrogen-bond donors (Lipinski definition) is 0. The van der Waals surface area contributed by atoms with E-state index >= 15 is 0 Å². The zero-order valence-electron chi connectivity index (χ0n) is 41.6. The van der Waals surface area contributed by atoms with Crippen LogP contribution in [0.3, 0.4) is 0 Å². The molecule has 2 saturated heterocycles. The molecule has 10 atom stereocenters. The lowest BCUT2D eigenvalue weighted by molar-refractivity contribution is -0.314. The van der Waals surface area contributed by atoms with Crippen LogP contribution in [0.5, 0.6) is 0 Å². The first-order chi connectivity index (χ1) is 33.1. The first kappa shape index (κ1) is 54.0. The van der Waals surface area contributed by atoms with Crippen molar-refractivity contribution in [3.05, 3.63) is 70.8 Å². The van der Waals surface area contributed by atoms with Crippen molar-refractivity contribution in [2.75, 3.05) is 19.8 Å². The normalized spacial score (nSPS) is 26.7. The number of ether oxygens (including phenoxy) is 8. The first-order valence-corrected chi connectivity index (χ1v) is 26.8. The lowest BCUT2D eigenvalue weighted by Gasteiger charge is -2.49. The Bertz CT molecular complexity index is 2230. The molecule has 4 aliphatic heterocycles. The van der Waals surface area contributed by atoms with Gasteiger partial charge in [-0.05, 0) is 48.8 Å². The minimum Gasteiger partial charge on any atom is -0.456 e. The van der Waals surface area contributed by atoms with E-state index in [9.17, 15) is 38.4 Å². The van der Waals surface area contributed by atoms with Crippen LogP contribution in [0.2, 0.25) is 18.1 Å². The number of fused-ring (bicyclic) bond motifs is 2. The highest BCUT2D eigenvalue weighted by atomic mass is 28.4. The van der Waals surface area contributed by atoms with Crippen molar-refractivity contribution < 1.29 is 80.7 Å². The van der Waals surface area contributed by atoms with Crippen LogP contribution in [-0.2, 0) is 61.5 Å². The van der Waals surface area contributed by atoms with Gasteiger partial charge in [0, 0.05) is 34.3 Å². The number of hydrogen-bond acceptors (Lipinski definition) is 17. The van der Waals surface area contributed by atoms with Gasteiger partial charge in [0.05, 0.1) is 35.5 Å². The number of unbranched alkanes of at least 4 members (excludes halogenated alkanes) is 5. The Hall–Kier alpha value is -5.38. The molecule has 0 aromatic heterocycles. The zero-order valence-corrected chi connectivity index (χ0v) is 42.6. The van der Waals surface area contributed by atoms with Crippen LogP contribution in [0.1, 0.15) is 135 Å². The van der Waals surface area contributed by atoms with Gasteiger partial charge in [0.2, 0.25) is 0 Å². The van der Waals surface area contributed by atoms with Gasteiger partial charge in [-0.1, -0.05) is 84.1 Å². The van der Waals surface area contributed by atoms with Gasteiger partial charge < -0.3 is 42.3 Å². The summed E-state index contributed by atoms with van der Waals surface area (Å²) in [7, 11) is -2.58. The fourth-order valence-electron chi connectivity index (χ4n) is 8.93. The van der Waals surface area contributed by atoms with Gasteiger partial charge in [0.25, 0.3) is 23.6 Å². The van der Waals surface area contributed by atoms with Crippen LogP contribution < -0.4 is 0 Å².